The lowest BCUT2D eigenvalue weighted by Crippen LogP contribution is -2.39. The molecule has 0 atom stereocenters. The second-order valence-corrected chi connectivity index (χ2v) is 6.06. The Bertz CT molecular complexity index is 510. The van der Waals surface area contributed by atoms with Crippen molar-refractivity contribution in [2.45, 2.75) is 51.0 Å². The van der Waals surface area contributed by atoms with Crippen LogP contribution in [0, 0.1) is 0 Å². The smallest absolute Gasteiger partial charge is 0.252 e. The molecule has 4 nitrogen and oxygen atoms in total. The number of carbonyl (C=O) groups is 1. The normalized spacial score (nSPS) is 19.3. The Morgan fingerprint density at radius 2 is 2.05 bits per heavy atom. The van der Waals surface area contributed by atoms with Crippen molar-refractivity contribution in [2.24, 2.45) is 0 Å². The van der Waals surface area contributed by atoms with Gasteiger partial charge in [0.1, 0.15) is 6.61 Å². The average molecular weight is 288 g/mol. The van der Waals surface area contributed by atoms with E-state index in [1.54, 1.807) is 0 Å². The van der Waals surface area contributed by atoms with Gasteiger partial charge in [-0.2, -0.15) is 0 Å². The van der Waals surface area contributed by atoms with Crippen LogP contribution in [0.3, 0.4) is 0 Å². The second-order valence-electron chi connectivity index (χ2n) is 6.06. The van der Waals surface area contributed by atoms with Crippen LogP contribution in [-0.4, -0.2) is 25.2 Å². The van der Waals surface area contributed by atoms with Crippen molar-refractivity contribution in [1.29, 1.82) is 0 Å². The van der Waals surface area contributed by atoms with Crippen LogP contribution < -0.4 is 10.6 Å². The Morgan fingerprint density at radius 3 is 2.86 bits per heavy atom. The molecular formula is C17H24N2O2. The van der Waals surface area contributed by atoms with Gasteiger partial charge in [-0.15, -0.1) is 0 Å². The fraction of sp³-hybridized carbons (Fsp3) is 0.588. The first-order chi connectivity index (χ1) is 10.3. The molecule has 0 bridgehead atoms. The molecule has 114 valence electrons. The maximum absolute atomic E-state index is 12.5. The number of rotatable bonds is 3. The average Bonchev–Trinajstić information content (AvgIpc) is 2.53. The number of nitrogen functional groups attached to an aromatic ring is 1. The zero-order valence-electron chi connectivity index (χ0n) is 12.5. The third kappa shape index (κ3) is 3.21. The predicted molar refractivity (Wildman–Crippen MR) is 84.4 cm³/mol. The lowest BCUT2D eigenvalue weighted by atomic mass is 9.98. The first-order valence-corrected chi connectivity index (χ1v) is 8.05. The van der Waals surface area contributed by atoms with Crippen LogP contribution in [-0.2, 0) is 16.0 Å². The van der Waals surface area contributed by atoms with Crippen molar-refractivity contribution < 1.29 is 9.53 Å². The Kier molecular flexibility index (Phi) is 4.44. The van der Waals surface area contributed by atoms with Gasteiger partial charge in [0.25, 0.3) is 5.91 Å². The molecule has 0 saturated heterocycles. The molecule has 2 aliphatic rings. The molecule has 1 aliphatic heterocycles. The summed E-state index contributed by atoms with van der Waals surface area (Å²) in [6.07, 6.45) is 8.13. The molecule has 0 aromatic heterocycles. The molecule has 1 amide bonds. The van der Waals surface area contributed by atoms with E-state index in [1.165, 1.54) is 19.3 Å². The maximum atomic E-state index is 12.5. The fourth-order valence-corrected chi connectivity index (χ4v) is 3.41. The van der Waals surface area contributed by atoms with Crippen molar-refractivity contribution >= 4 is 17.3 Å². The first-order valence-electron chi connectivity index (χ1n) is 8.05. The first kappa shape index (κ1) is 14.4. The summed E-state index contributed by atoms with van der Waals surface area (Å²) in [5.74, 6) is 0.0622. The molecule has 2 N–H and O–H groups in total. The molecule has 0 radical (unpaired) electrons. The molecule has 0 unspecified atom stereocenters. The molecule has 21 heavy (non-hydrogen) atoms. The van der Waals surface area contributed by atoms with Crippen LogP contribution in [0.1, 0.15) is 44.1 Å². The van der Waals surface area contributed by atoms with Crippen molar-refractivity contribution in [3.63, 3.8) is 0 Å². The third-order valence-corrected chi connectivity index (χ3v) is 4.58. The van der Waals surface area contributed by atoms with Gasteiger partial charge in [-0.3, -0.25) is 4.79 Å². The van der Waals surface area contributed by atoms with Crippen LogP contribution in [0.25, 0.3) is 0 Å². The minimum atomic E-state index is 0.0622. The van der Waals surface area contributed by atoms with Crippen molar-refractivity contribution in [3.8, 4) is 0 Å². The van der Waals surface area contributed by atoms with E-state index >= 15 is 0 Å². The number of nitrogens with zero attached hydrogens (tertiary/aromatic N) is 1. The molecule has 1 aliphatic carbocycles. The van der Waals surface area contributed by atoms with Gasteiger partial charge < -0.3 is 15.4 Å². The largest absolute Gasteiger partial charge is 0.398 e. The Hall–Kier alpha value is -1.55. The Morgan fingerprint density at radius 1 is 1.24 bits per heavy atom. The van der Waals surface area contributed by atoms with Crippen LogP contribution in [0.2, 0.25) is 0 Å². The van der Waals surface area contributed by atoms with Crippen LogP contribution in [0.15, 0.2) is 18.2 Å². The van der Waals surface area contributed by atoms with E-state index in [2.05, 4.69) is 0 Å². The van der Waals surface area contributed by atoms with Crippen LogP contribution in [0.4, 0.5) is 11.4 Å². The highest BCUT2D eigenvalue weighted by Gasteiger charge is 2.24. The number of hydrogen-bond donors (Lipinski definition) is 1. The molecule has 0 spiro atoms. The van der Waals surface area contributed by atoms with Crippen molar-refractivity contribution in [2.75, 3.05) is 23.8 Å². The Labute approximate surface area is 126 Å². The number of benzene rings is 1. The standard InChI is InChI=1S/C17H24N2O2/c18-15-9-4-10-16-14(15)8-5-11-19(16)17(20)12-21-13-6-2-1-3-7-13/h4,9-10,13H,1-3,5-8,11-12,18H2. The van der Waals surface area contributed by atoms with E-state index in [1.807, 2.05) is 23.1 Å². The molecule has 1 aromatic carbocycles. The lowest BCUT2D eigenvalue weighted by molar-refractivity contribution is -0.125. The van der Waals surface area contributed by atoms with Crippen molar-refractivity contribution in [3.05, 3.63) is 23.8 Å². The van der Waals surface area contributed by atoms with Gasteiger partial charge in [-0.1, -0.05) is 25.3 Å². The van der Waals surface area contributed by atoms with Gasteiger partial charge in [0.15, 0.2) is 0 Å². The quantitative estimate of drug-likeness (QED) is 0.870. The van der Waals surface area contributed by atoms with E-state index in [0.717, 1.165) is 49.2 Å². The maximum Gasteiger partial charge on any atom is 0.252 e. The summed E-state index contributed by atoms with van der Waals surface area (Å²) in [4.78, 5) is 14.3. The summed E-state index contributed by atoms with van der Waals surface area (Å²) in [5, 5.41) is 0. The van der Waals surface area contributed by atoms with Gasteiger partial charge in [0.2, 0.25) is 0 Å². The molecule has 1 saturated carbocycles. The van der Waals surface area contributed by atoms with Gasteiger partial charge in [-0.25, -0.2) is 0 Å². The fourth-order valence-electron chi connectivity index (χ4n) is 3.41. The number of amides is 1. The highest BCUT2D eigenvalue weighted by atomic mass is 16.5. The molecule has 1 fully saturated rings. The Balaban J connectivity index is 1.64. The number of hydrogen-bond acceptors (Lipinski definition) is 3. The number of ether oxygens (including phenoxy) is 1. The highest BCUT2D eigenvalue weighted by molar-refractivity contribution is 5.96. The van der Waals surface area contributed by atoms with E-state index in [-0.39, 0.29) is 18.6 Å². The summed E-state index contributed by atoms with van der Waals surface area (Å²) in [5.41, 5.74) is 8.89. The number of nitrogens with two attached hydrogens (primary N) is 1. The number of anilines is 2. The minimum absolute atomic E-state index is 0.0622. The molecule has 3 rings (SSSR count). The van der Waals surface area contributed by atoms with Crippen molar-refractivity contribution in [1.82, 2.24) is 0 Å². The van der Waals surface area contributed by atoms with Gasteiger partial charge >= 0.3 is 0 Å². The number of carbonyl (C=O) groups excluding carboxylic acids is 1. The minimum Gasteiger partial charge on any atom is -0.398 e. The van der Waals surface area contributed by atoms with Crippen LogP contribution in [0.5, 0.6) is 0 Å². The second kappa shape index (κ2) is 6.48. The van der Waals surface area contributed by atoms with Gasteiger partial charge in [-0.05, 0) is 43.4 Å². The predicted octanol–water partition coefficient (Wildman–Crippen LogP) is 2.90. The number of fused-ring (bicyclic) bond motifs is 1. The van der Waals surface area contributed by atoms with E-state index < -0.39 is 0 Å². The van der Waals surface area contributed by atoms with E-state index in [4.69, 9.17) is 10.5 Å². The molecular weight excluding hydrogens is 264 g/mol. The molecule has 4 heteroatoms. The van der Waals surface area contributed by atoms with Gasteiger partial charge in [0.05, 0.1) is 6.10 Å². The van der Waals surface area contributed by atoms with E-state index in [0.29, 0.717) is 0 Å². The third-order valence-electron chi connectivity index (χ3n) is 4.58. The summed E-state index contributed by atoms with van der Waals surface area (Å²) >= 11 is 0. The topological polar surface area (TPSA) is 55.6 Å². The summed E-state index contributed by atoms with van der Waals surface area (Å²) in [7, 11) is 0. The summed E-state index contributed by atoms with van der Waals surface area (Å²) < 4.78 is 5.82. The molecule has 1 heterocycles. The zero-order chi connectivity index (χ0) is 14.7. The van der Waals surface area contributed by atoms with Gasteiger partial charge in [0, 0.05) is 17.9 Å². The monoisotopic (exact) mass is 288 g/mol. The highest BCUT2D eigenvalue weighted by Crippen LogP contribution is 2.31. The SMILES string of the molecule is Nc1cccc2c1CCCN2C(=O)COC1CCCCC1. The molecule has 1 aromatic rings. The summed E-state index contributed by atoms with van der Waals surface area (Å²) in [6.45, 7) is 0.961. The van der Waals surface area contributed by atoms with E-state index in [9.17, 15) is 4.79 Å². The summed E-state index contributed by atoms with van der Waals surface area (Å²) in [6, 6.07) is 5.82. The lowest BCUT2D eigenvalue weighted by Gasteiger charge is -2.31. The zero-order valence-corrected chi connectivity index (χ0v) is 12.5. The van der Waals surface area contributed by atoms with Crippen LogP contribution >= 0.6 is 0 Å².